The molecule has 0 radical (unpaired) electrons. The van der Waals surface area contributed by atoms with Crippen molar-refractivity contribution in [1.29, 1.82) is 0 Å². The summed E-state index contributed by atoms with van der Waals surface area (Å²) in [6, 6.07) is 16.5. The van der Waals surface area contributed by atoms with Gasteiger partial charge < -0.3 is 5.32 Å². The Hall–Kier alpha value is -2.55. The number of halogens is 1. The third-order valence-electron chi connectivity index (χ3n) is 3.87. The molecule has 0 unspecified atom stereocenters. The number of benzene rings is 2. The van der Waals surface area contributed by atoms with E-state index in [-0.39, 0.29) is 16.8 Å². The second-order valence-corrected chi connectivity index (χ2v) is 9.91. The topological polar surface area (TPSA) is 88.2 Å². The van der Waals surface area contributed by atoms with Gasteiger partial charge in [0, 0.05) is 27.8 Å². The first-order valence-electron chi connectivity index (χ1n) is 9.06. The van der Waals surface area contributed by atoms with Crippen molar-refractivity contribution >= 4 is 45.0 Å². The highest BCUT2D eigenvalue weighted by Crippen LogP contribution is 2.28. The van der Waals surface area contributed by atoms with Crippen molar-refractivity contribution in [1.82, 2.24) is 10.3 Å². The fourth-order valence-corrected chi connectivity index (χ4v) is 4.40. The fourth-order valence-electron chi connectivity index (χ4n) is 2.46. The van der Waals surface area contributed by atoms with E-state index in [1.54, 1.807) is 36.4 Å². The van der Waals surface area contributed by atoms with E-state index in [4.69, 9.17) is 11.6 Å². The lowest BCUT2D eigenvalue weighted by Gasteiger charge is -2.09. The minimum Gasteiger partial charge on any atom is -0.350 e. The molecule has 0 aliphatic carbocycles. The Kier molecular flexibility index (Phi) is 7.02. The van der Waals surface area contributed by atoms with Crippen molar-refractivity contribution in [3.63, 3.8) is 0 Å². The summed E-state index contributed by atoms with van der Waals surface area (Å²) in [7, 11) is -3.69. The van der Waals surface area contributed by atoms with E-state index >= 15 is 0 Å². The van der Waals surface area contributed by atoms with Crippen LogP contribution in [0, 0.1) is 0 Å². The highest BCUT2D eigenvalue weighted by atomic mass is 35.5. The molecule has 9 heteroatoms. The van der Waals surface area contributed by atoms with Crippen LogP contribution in [-0.4, -0.2) is 25.4 Å². The van der Waals surface area contributed by atoms with Gasteiger partial charge in [-0.2, -0.15) is 0 Å². The van der Waals surface area contributed by atoms with Gasteiger partial charge in [0.25, 0.3) is 15.9 Å². The third kappa shape index (κ3) is 5.98. The predicted octanol–water partition coefficient (Wildman–Crippen LogP) is 4.83. The molecule has 3 aromatic rings. The Balaban J connectivity index is 1.64. The molecule has 6 nitrogen and oxygen atoms in total. The zero-order chi connectivity index (χ0) is 21.7. The van der Waals surface area contributed by atoms with Gasteiger partial charge in [0.15, 0.2) is 0 Å². The van der Waals surface area contributed by atoms with Crippen LogP contribution in [0.3, 0.4) is 0 Å². The second kappa shape index (κ2) is 9.51. The monoisotopic (exact) mass is 461 g/mol. The standard InChI is InChI=1S/C21H20ClN3O3S2/c1-14(2)24-21(26)15-3-12-20(23-13-15)29-18-8-6-17(7-9-18)25-30(27,28)19-10-4-16(22)5-11-19/h3-14,25H,1-2H3,(H,24,26). The summed E-state index contributed by atoms with van der Waals surface area (Å²) in [5, 5.41) is 4.02. The number of hydrogen-bond donors (Lipinski definition) is 2. The Labute approximate surface area is 185 Å². The summed E-state index contributed by atoms with van der Waals surface area (Å²) in [6.07, 6.45) is 1.54. The summed E-state index contributed by atoms with van der Waals surface area (Å²) in [5.74, 6) is -0.161. The SMILES string of the molecule is CC(C)NC(=O)c1ccc(Sc2ccc(NS(=O)(=O)c3ccc(Cl)cc3)cc2)nc1. The molecule has 0 saturated carbocycles. The van der Waals surface area contributed by atoms with Crippen LogP contribution in [-0.2, 0) is 10.0 Å². The maximum absolute atomic E-state index is 12.4. The first-order chi connectivity index (χ1) is 14.2. The van der Waals surface area contributed by atoms with Crippen LogP contribution in [0.1, 0.15) is 24.2 Å². The van der Waals surface area contributed by atoms with Crippen molar-refractivity contribution in [2.24, 2.45) is 0 Å². The maximum Gasteiger partial charge on any atom is 0.261 e. The predicted molar refractivity (Wildman–Crippen MR) is 120 cm³/mol. The summed E-state index contributed by atoms with van der Waals surface area (Å²) in [4.78, 5) is 17.3. The molecule has 156 valence electrons. The van der Waals surface area contributed by atoms with E-state index in [9.17, 15) is 13.2 Å². The maximum atomic E-state index is 12.4. The molecule has 2 N–H and O–H groups in total. The van der Waals surface area contributed by atoms with Gasteiger partial charge in [-0.25, -0.2) is 13.4 Å². The van der Waals surface area contributed by atoms with Crippen molar-refractivity contribution < 1.29 is 13.2 Å². The van der Waals surface area contributed by atoms with E-state index in [0.29, 0.717) is 16.3 Å². The van der Waals surface area contributed by atoms with Crippen molar-refractivity contribution in [2.45, 2.75) is 34.7 Å². The van der Waals surface area contributed by atoms with E-state index < -0.39 is 10.0 Å². The quantitative estimate of drug-likeness (QED) is 0.526. The van der Waals surface area contributed by atoms with Crippen LogP contribution in [0.2, 0.25) is 5.02 Å². The van der Waals surface area contributed by atoms with E-state index in [1.165, 1.54) is 42.2 Å². The lowest BCUT2D eigenvalue weighted by molar-refractivity contribution is 0.0942. The number of nitrogens with one attached hydrogen (secondary N) is 2. The van der Waals surface area contributed by atoms with Crippen LogP contribution >= 0.6 is 23.4 Å². The van der Waals surface area contributed by atoms with Gasteiger partial charge in [-0.05, 0) is 74.5 Å². The van der Waals surface area contributed by atoms with Crippen molar-refractivity contribution in [2.75, 3.05) is 4.72 Å². The van der Waals surface area contributed by atoms with Crippen LogP contribution in [0.5, 0.6) is 0 Å². The molecule has 1 amide bonds. The molecule has 3 rings (SSSR count). The average Bonchev–Trinajstić information content (AvgIpc) is 2.69. The Bertz CT molecular complexity index is 1120. The van der Waals surface area contributed by atoms with Gasteiger partial charge in [-0.1, -0.05) is 23.4 Å². The number of anilines is 1. The molecule has 1 heterocycles. The number of amides is 1. The van der Waals surface area contributed by atoms with Gasteiger partial charge in [0.2, 0.25) is 0 Å². The van der Waals surface area contributed by atoms with Gasteiger partial charge in [-0.3, -0.25) is 9.52 Å². The smallest absolute Gasteiger partial charge is 0.261 e. The molecule has 0 bridgehead atoms. The van der Waals surface area contributed by atoms with Crippen LogP contribution in [0.4, 0.5) is 5.69 Å². The number of hydrogen-bond acceptors (Lipinski definition) is 5. The lowest BCUT2D eigenvalue weighted by atomic mass is 10.2. The minimum absolute atomic E-state index is 0.0576. The van der Waals surface area contributed by atoms with Crippen LogP contribution in [0.15, 0.2) is 81.7 Å². The first-order valence-corrected chi connectivity index (χ1v) is 11.7. The molecular weight excluding hydrogens is 442 g/mol. The van der Waals surface area contributed by atoms with E-state index in [0.717, 1.165) is 9.92 Å². The zero-order valence-electron chi connectivity index (χ0n) is 16.3. The van der Waals surface area contributed by atoms with Gasteiger partial charge in [0.05, 0.1) is 10.5 Å². The largest absolute Gasteiger partial charge is 0.350 e. The number of carbonyl (C=O) groups is 1. The molecule has 30 heavy (non-hydrogen) atoms. The normalized spacial score (nSPS) is 11.3. The molecular formula is C21H20ClN3O3S2. The molecule has 0 saturated heterocycles. The number of rotatable bonds is 7. The number of aromatic nitrogens is 1. The van der Waals surface area contributed by atoms with Gasteiger partial charge in [-0.15, -0.1) is 0 Å². The Morgan fingerprint density at radius 2 is 1.67 bits per heavy atom. The zero-order valence-corrected chi connectivity index (χ0v) is 18.7. The van der Waals surface area contributed by atoms with Crippen LogP contribution in [0.25, 0.3) is 0 Å². The molecule has 0 fully saturated rings. The second-order valence-electron chi connectivity index (χ2n) is 6.70. The van der Waals surface area contributed by atoms with Crippen LogP contribution < -0.4 is 10.0 Å². The van der Waals surface area contributed by atoms with E-state index in [2.05, 4.69) is 15.0 Å². The lowest BCUT2D eigenvalue weighted by Crippen LogP contribution is -2.30. The fraction of sp³-hybridized carbons (Fsp3) is 0.143. The first kappa shape index (κ1) is 22.1. The number of pyridine rings is 1. The number of nitrogens with zero attached hydrogens (tertiary/aromatic N) is 1. The van der Waals surface area contributed by atoms with Gasteiger partial charge in [0.1, 0.15) is 5.03 Å². The molecule has 0 aliphatic rings. The summed E-state index contributed by atoms with van der Waals surface area (Å²) < 4.78 is 27.4. The summed E-state index contributed by atoms with van der Waals surface area (Å²) >= 11 is 7.22. The molecule has 2 aromatic carbocycles. The molecule has 1 aromatic heterocycles. The van der Waals surface area contributed by atoms with Crippen molar-refractivity contribution in [3.05, 3.63) is 77.4 Å². The molecule has 0 spiro atoms. The highest BCUT2D eigenvalue weighted by Gasteiger charge is 2.14. The third-order valence-corrected chi connectivity index (χ3v) is 6.48. The number of carbonyl (C=O) groups excluding carboxylic acids is 1. The average molecular weight is 462 g/mol. The number of sulfonamides is 1. The summed E-state index contributed by atoms with van der Waals surface area (Å²) in [6.45, 7) is 3.80. The summed E-state index contributed by atoms with van der Waals surface area (Å²) in [5.41, 5.74) is 0.947. The Morgan fingerprint density at radius 1 is 1.00 bits per heavy atom. The van der Waals surface area contributed by atoms with E-state index in [1.807, 2.05) is 13.8 Å². The molecule has 0 aliphatic heterocycles. The molecule has 0 atom stereocenters. The Morgan fingerprint density at radius 3 is 2.23 bits per heavy atom. The van der Waals surface area contributed by atoms with Gasteiger partial charge >= 0.3 is 0 Å². The minimum atomic E-state index is -3.69. The van der Waals surface area contributed by atoms with Crippen molar-refractivity contribution in [3.8, 4) is 0 Å². The highest BCUT2D eigenvalue weighted by molar-refractivity contribution is 7.99.